The van der Waals surface area contributed by atoms with Crippen LogP contribution in [0.4, 0.5) is 11.4 Å². The van der Waals surface area contributed by atoms with Gasteiger partial charge in [-0.2, -0.15) is 0 Å². The highest BCUT2D eigenvalue weighted by Gasteiger charge is 2.31. The fraction of sp³-hybridized carbons (Fsp3) is 0.417. The summed E-state index contributed by atoms with van der Waals surface area (Å²) in [5, 5.41) is 20.3. The molecule has 2 rings (SSSR count). The zero-order chi connectivity index (χ0) is 14.7. The summed E-state index contributed by atoms with van der Waals surface area (Å²) in [4.78, 5) is 21.8. The van der Waals surface area contributed by atoms with Gasteiger partial charge in [0.25, 0.3) is 5.69 Å². The molecule has 20 heavy (non-hydrogen) atoms. The largest absolute Gasteiger partial charge is 0.392 e. The quantitative estimate of drug-likeness (QED) is 0.581. The van der Waals surface area contributed by atoms with Gasteiger partial charge in [0, 0.05) is 12.1 Å². The third-order valence-corrected chi connectivity index (χ3v) is 3.61. The van der Waals surface area contributed by atoms with Crippen molar-refractivity contribution < 1.29 is 14.8 Å². The Morgan fingerprint density at radius 3 is 2.75 bits per heavy atom. The number of rotatable bonds is 4. The molecule has 1 fully saturated rings. The van der Waals surface area contributed by atoms with Crippen LogP contribution in [0.1, 0.15) is 19.3 Å². The van der Waals surface area contributed by atoms with Crippen LogP contribution in [0.3, 0.4) is 0 Å². The molecule has 8 heteroatoms. The lowest BCUT2D eigenvalue weighted by Crippen LogP contribution is -2.38. The average molecular weight is 300 g/mol. The van der Waals surface area contributed by atoms with Crippen molar-refractivity contribution in [1.82, 2.24) is 5.43 Å². The van der Waals surface area contributed by atoms with Crippen molar-refractivity contribution in [3.05, 3.63) is 33.3 Å². The van der Waals surface area contributed by atoms with Gasteiger partial charge in [0.15, 0.2) is 0 Å². The second-order valence-corrected chi connectivity index (χ2v) is 5.05. The van der Waals surface area contributed by atoms with E-state index < -0.39 is 16.9 Å². The number of hydrazine groups is 1. The predicted octanol–water partition coefficient (Wildman–Crippen LogP) is 1.85. The fourth-order valence-electron chi connectivity index (χ4n) is 2.19. The maximum Gasteiger partial charge on any atom is 0.271 e. The Morgan fingerprint density at radius 1 is 1.45 bits per heavy atom. The minimum atomic E-state index is -0.621. The summed E-state index contributed by atoms with van der Waals surface area (Å²) in [7, 11) is 0. The molecule has 0 radical (unpaired) electrons. The van der Waals surface area contributed by atoms with Crippen LogP contribution in [-0.2, 0) is 4.79 Å². The first-order chi connectivity index (χ1) is 9.49. The van der Waals surface area contributed by atoms with E-state index in [9.17, 15) is 20.0 Å². The number of amides is 1. The molecule has 2 unspecified atom stereocenters. The zero-order valence-corrected chi connectivity index (χ0v) is 11.3. The molecule has 0 spiro atoms. The van der Waals surface area contributed by atoms with E-state index in [0.717, 1.165) is 6.42 Å². The first-order valence-corrected chi connectivity index (χ1v) is 6.54. The molecule has 1 saturated carbocycles. The summed E-state index contributed by atoms with van der Waals surface area (Å²) in [6.45, 7) is 0. The Bertz CT molecular complexity index is 537. The Balaban J connectivity index is 1.97. The highest BCUT2D eigenvalue weighted by molar-refractivity contribution is 6.33. The summed E-state index contributed by atoms with van der Waals surface area (Å²) in [5.74, 6) is -0.747. The number of hydrogen-bond donors (Lipinski definition) is 3. The number of carbonyl (C=O) groups is 1. The number of nitro benzene ring substituents is 1. The van der Waals surface area contributed by atoms with Crippen LogP contribution in [0.5, 0.6) is 0 Å². The SMILES string of the molecule is O=C(NNc1ccc([N+](=O)[O-])cc1Cl)C1CCCC1O. The second kappa shape index (κ2) is 6.06. The lowest BCUT2D eigenvalue weighted by molar-refractivity contribution is -0.384. The normalized spacial score (nSPS) is 21.5. The molecular formula is C12H14ClN3O4. The zero-order valence-electron chi connectivity index (χ0n) is 10.5. The van der Waals surface area contributed by atoms with Gasteiger partial charge in [-0.3, -0.25) is 25.8 Å². The minimum Gasteiger partial charge on any atom is -0.392 e. The number of nitrogens with zero attached hydrogens (tertiary/aromatic N) is 1. The van der Waals surface area contributed by atoms with Gasteiger partial charge >= 0.3 is 0 Å². The summed E-state index contributed by atoms with van der Waals surface area (Å²) in [6, 6.07) is 3.89. The molecule has 2 atom stereocenters. The van der Waals surface area contributed by atoms with E-state index in [4.69, 9.17) is 11.6 Å². The molecule has 1 aliphatic rings. The van der Waals surface area contributed by atoms with Gasteiger partial charge in [-0.1, -0.05) is 11.6 Å². The lowest BCUT2D eigenvalue weighted by Gasteiger charge is -2.16. The predicted molar refractivity (Wildman–Crippen MR) is 73.2 cm³/mol. The molecule has 0 aromatic heterocycles. The molecule has 1 aliphatic carbocycles. The molecule has 0 aliphatic heterocycles. The molecule has 0 saturated heterocycles. The van der Waals surface area contributed by atoms with Gasteiger partial charge in [0.2, 0.25) is 5.91 Å². The third kappa shape index (κ3) is 3.17. The molecule has 1 aromatic rings. The topological polar surface area (TPSA) is 104 Å². The van der Waals surface area contributed by atoms with Gasteiger partial charge in [-0.25, -0.2) is 0 Å². The van der Waals surface area contributed by atoms with Gasteiger partial charge in [-0.15, -0.1) is 0 Å². The standard InChI is InChI=1S/C12H14ClN3O4/c13-9-6-7(16(19)20)4-5-10(9)14-15-12(18)8-2-1-3-11(8)17/h4-6,8,11,14,17H,1-3H2,(H,15,18). The van der Waals surface area contributed by atoms with E-state index in [-0.39, 0.29) is 16.6 Å². The highest BCUT2D eigenvalue weighted by Crippen LogP contribution is 2.27. The van der Waals surface area contributed by atoms with Crippen molar-refractivity contribution in [3.63, 3.8) is 0 Å². The molecule has 0 bridgehead atoms. The van der Waals surface area contributed by atoms with Crippen molar-refractivity contribution in [3.8, 4) is 0 Å². The van der Waals surface area contributed by atoms with Crippen LogP contribution in [0.25, 0.3) is 0 Å². The van der Waals surface area contributed by atoms with Crippen LogP contribution in [0.2, 0.25) is 5.02 Å². The Labute approximate surface area is 120 Å². The summed E-state index contributed by atoms with van der Waals surface area (Å²) in [5.41, 5.74) is 5.30. The van der Waals surface area contributed by atoms with E-state index in [1.54, 1.807) is 0 Å². The Morgan fingerprint density at radius 2 is 2.20 bits per heavy atom. The van der Waals surface area contributed by atoms with Gasteiger partial charge < -0.3 is 5.11 Å². The van der Waals surface area contributed by atoms with E-state index >= 15 is 0 Å². The Hall–Kier alpha value is -1.86. The second-order valence-electron chi connectivity index (χ2n) is 4.64. The smallest absolute Gasteiger partial charge is 0.271 e. The number of nitrogens with one attached hydrogen (secondary N) is 2. The molecule has 3 N–H and O–H groups in total. The van der Waals surface area contributed by atoms with Crippen LogP contribution in [0, 0.1) is 16.0 Å². The number of benzene rings is 1. The van der Waals surface area contributed by atoms with Gasteiger partial charge in [0.05, 0.1) is 27.7 Å². The number of carbonyl (C=O) groups excluding carboxylic acids is 1. The molecule has 1 amide bonds. The number of anilines is 1. The van der Waals surface area contributed by atoms with E-state index in [1.165, 1.54) is 18.2 Å². The van der Waals surface area contributed by atoms with Crippen LogP contribution in [-0.4, -0.2) is 22.0 Å². The summed E-state index contributed by atoms with van der Waals surface area (Å²) < 4.78 is 0. The van der Waals surface area contributed by atoms with Gasteiger partial charge in [-0.05, 0) is 25.3 Å². The molecule has 1 aromatic carbocycles. The summed E-state index contributed by atoms with van der Waals surface area (Å²) >= 11 is 5.88. The first kappa shape index (κ1) is 14.5. The minimum absolute atomic E-state index is 0.127. The average Bonchev–Trinajstić information content (AvgIpc) is 2.83. The van der Waals surface area contributed by atoms with Crippen LogP contribution < -0.4 is 10.9 Å². The maximum absolute atomic E-state index is 11.8. The fourth-order valence-corrected chi connectivity index (χ4v) is 2.41. The number of nitro groups is 1. The molecular weight excluding hydrogens is 286 g/mol. The van der Waals surface area contributed by atoms with Crippen molar-refractivity contribution in [2.75, 3.05) is 5.43 Å². The van der Waals surface area contributed by atoms with Crippen molar-refractivity contribution in [1.29, 1.82) is 0 Å². The Kier molecular flexibility index (Phi) is 4.41. The van der Waals surface area contributed by atoms with Crippen molar-refractivity contribution in [2.45, 2.75) is 25.4 Å². The monoisotopic (exact) mass is 299 g/mol. The number of non-ortho nitro benzene ring substituents is 1. The molecule has 7 nitrogen and oxygen atoms in total. The highest BCUT2D eigenvalue weighted by atomic mass is 35.5. The van der Waals surface area contributed by atoms with E-state index in [2.05, 4.69) is 10.9 Å². The van der Waals surface area contributed by atoms with E-state index in [0.29, 0.717) is 18.5 Å². The van der Waals surface area contributed by atoms with Crippen LogP contribution in [0.15, 0.2) is 18.2 Å². The summed E-state index contributed by atoms with van der Waals surface area (Å²) in [6.07, 6.45) is 1.46. The number of halogens is 1. The van der Waals surface area contributed by atoms with Crippen molar-refractivity contribution >= 4 is 28.9 Å². The van der Waals surface area contributed by atoms with Gasteiger partial charge in [0.1, 0.15) is 0 Å². The first-order valence-electron chi connectivity index (χ1n) is 6.17. The van der Waals surface area contributed by atoms with Crippen molar-refractivity contribution in [2.24, 2.45) is 5.92 Å². The molecule has 108 valence electrons. The number of aliphatic hydroxyl groups is 1. The third-order valence-electron chi connectivity index (χ3n) is 3.30. The number of hydrogen-bond acceptors (Lipinski definition) is 5. The molecule has 0 heterocycles. The van der Waals surface area contributed by atoms with E-state index in [1.807, 2.05) is 0 Å². The lowest BCUT2D eigenvalue weighted by atomic mass is 10.1. The number of aliphatic hydroxyl groups excluding tert-OH is 1. The van der Waals surface area contributed by atoms with Crippen LogP contribution >= 0.6 is 11.6 Å². The maximum atomic E-state index is 11.8.